The van der Waals surface area contributed by atoms with Gasteiger partial charge in [-0.25, -0.2) is 0 Å². The van der Waals surface area contributed by atoms with Crippen molar-refractivity contribution >= 4 is 39.1 Å². The summed E-state index contributed by atoms with van der Waals surface area (Å²) < 4.78 is 28.1. The molecule has 0 amide bonds. The van der Waals surface area contributed by atoms with Crippen LogP contribution in [-0.4, -0.2) is 48.2 Å². The summed E-state index contributed by atoms with van der Waals surface area (Å²) >= 11 is 7.17. The second-order valence-corrected chi connectivity index (χ2v) is 8.84. The van der Waals surface area contributed by atoms with Gasteiger partial charge in [0.1, 0.15) is 0 Å². The van der Waals surface area contributed by atoms with Crippen LogP contribution < -0.4 is 0 Å². The Balaban J connectivity index is 2.07. The van der Waals surface area contributed by atoms with E-state index in [2.05, 4.69) is 0 Å². The van der Waals surface area contributed by atoms with Gasteiger partial charge in [-0.1, -0.05) is 11.6 Å². The summed E-state index contributed by atoms with van der Waals surface area (Å²) in [7, 11) is -2.16. The molecule has 0 bridgehead atoms. The zero-order chi connectivity index (χ0) is 15.6. The number of nitrogens with zero attached hydrogens (tertiary/aromatic N) is 2. The molecule has 1 saturated heterocycles. The molecule has 1 aromatic rings. The molecule has 0 spiro atoms. The van der Waals surface area contributed by atoms with Crippen molar-refractivity contribution < 1.29 is 18.3 Å². The highest BCUT2D eigenvalue weighted by molar-refractivity contribution is 7.86. The van der Waals surface area contributed by atoms with E-state index in [0.29, 0.717) is 23.7 Å². The quantitative estimate of drug-likeness (QED) is 0.877. The van der Waals surface area contributed by atoms with E-state index in [0.717, 1.165) is 4.88 Å². The molecule has 1 aliphatic rings. The summed E-state index contributed by atoms with van der Waals surface area (Å²) in [6.45, 7) is 0.628. The predicted molar refractivity (Wildman–Crippen MR) is 81.6 cm³/mol. The third-order valence-corrected chi connectivity index (χ3v) is 6.58. The second kappa shape index (κ2) is 6.62. The third kappa shape index (κ3) is 3.95. The van der Waals surface area contributed by atoms with Crippen LogP contribution in [0.25, 0.3) is 0 Å². The zero-order valence-corrected chi connectivity index (χ0v) is 13.9. The van der Waals surface area contributed by atoms with Crippen molar-refractivity contribution in [3.05, 3.63) is 21.3 Å². The lowest BCUT2D eigenvalue weighted by Gasteiger charge is -2.32. The van der Waals surface area contributed by atoms with Crippen LogP contribution in [0.3, 0.4) is 0 Å². The van der Waals surface area contributed by atoms with Gasteiger partial charge in [0, 0.05) is 31.6 Å². The summed E-state index contributed by atoms with van der Waals surface area (Å²) in [6.07, 6.45) is 1.08. The molecule has 9 heteroatoms. The second-order valence-electron chi connectivity index (χ2n) is 5.01. The largest absolute Gasteiger partial charge is 0.481 e. The molecule has 1 aromatic heterocycles. The lowest BCUT2D eigenvalue weighted by atomic mass is 10.0. The maximum Gasteiger partial charge on any atom is 0.307 e. The first-order valence-electron chi connectivity index (χ1n) is 6.49. The van der Waals surface area contributed by atoms with Gasteiger partial charge in [-0.05, 0) is 25.0 Å². The summed E-state index contributed by atoms with van der Waals surface area (Å²) in [4.78, 5) is 11.9. The molecule has 1 atom stereocenters. The molecule has 118 valence electrons. The summed E-state index contributed by atoms with van der Waals surface area (Å²) in [5.41, 5.74) is 0. The van der Waals surface area contributed by atoms with E-state index in [4.69, 9.17) is 16.7 Å². The van der Waals surface area contributed by atoms with Gasteiger partial charge in [0.2, 0.25) is 0 Å². The number of aliphatic carboxylic acids is 1. The number of rotatable bonds is 5. The van der Waals surface area contributed by atoms with Gasteiger partial charge in [0.05, 0.1) is 10.3 Å². The Labute approximate surface area is 133 Å². The fraction of sp³-hybridized carbons (Fsp3) is 0.583. The smallest absolute Gasteiger partial charge is 0.307 e. The highest BCUT2D eigenvalue weighted by atomic mass is 35.5. The van der Waals surface area contributed by atoms with Gasteiger partial charge < -0.3 is 5.11 Å². The number of halogens is 1. The Hall–Kier alpha value is -0.670. The molecule has 1 N–H and O–H groups in total. The highest BCUT2D eigenvalue weighted by Crippen LogP contribution is 2.25. The highest BCUT2D eigenvalue weighted by Gasteiger charge is 2.34. The van der Waals surface area contributed by atoms with Crippen molar-refractivity contribution in [2.75, 3.05) is 20.1 Å². The average Bonchev–Trinajstić information content (AvgIpc) is 2.84. The van der Waals surface area contributed by atoms with Crippen LogP contribution in [-0.2, 0) is 21.5 Å². The monoisotopic (exact) mass is 352 g/mol. The van der Waals surface area contributed by atoms with E-state index < -0.39 is 22.1 Å². The minimum atomic E-state index is -3.65. The average molecular weight is 353 g/mol. The molecule has 21 heavy (non-hydrogen) atoms. The molecule has 2 heterocycles. The van der Waals surface area contributed by atoms with Crippen LogP contribution in [0.5, 0.6) is 0 Å². The Bertz CT molecular complexity index is 617. The van der Waals surface area contributed by atoms with E-state index >= 15 is 0 Å². The van der Waals surface area contributed by atoms with Crippen LogP contribution in [0.15, 0.2) is 12.1 Å². The predicted octanol–water partition coefficient (Wildman–Crippen LogP) is 1.87. The Kier molecular flexibility index (Phi) is 5.26. The Morgan fingerprint density at radius 2 is 2.29 bits per heavy atom. The first-order chi connectivity index (χ1) is 9.80. The van der Waals surface area contributed by atoms with E-state index in [1.54, 1.807) is 12.1 Å². The van der Waals surface area contributed by atoms with Crippen molar-refractivity contribution in [3.63, 3.8) is 0 Å². The van der Waals surface area contributed by atoms with Gasteiger partial charge >= 0.3 is 5.97 Å². The molecule has 0 aromatic carbocycles. The normalized spacial score (nSPS) is 20.8. The first-order valence-corrected chi connectivity index (χ1v) is 9.08. The van der Waals surface area contributed by atoms with Crippen molar-refractivity contribution in [1.82, 2.24) is 8.61 Å². The van der Waals surface area contributed by atoms with Crippen molar-refractivity contribution in [2.45, 2.75) is 19.4 Å². The molecular formula is C12H17ClN2O4S2. The number of thiophene rings is 1. The van der Waals surface area contributed by atoms with E-state index in [9.17, 15) is 13.2 Å². The number of carboxylic acids is 1. The molecule has 1 aliphatic heterocycles. The topological polar surface area (TPSA) is 77.9 Å². The fourth-order valence-corrected chi connectivity index (χ4v) is 4.94. The van der Waals surface area contributed by atoms with Gasteiger partial charge in [0.25, 0.3) is 10.2 Å². The maximum absolute atomic E-state index is 12.5. The molecule has 0 radical (unpaired) electrons. The molecular weight excluding hydrogens is 336 g/mol. The summed E-state index contributed by atoms with van der Waals surface area (Å²) in [6, 6.07) is 3.51. The Morgan fingerprint density at radius 3 is 2.86 bits per heavy atom. The molecule has 0 aliphatic carbocycles. The first kappa shape index (κ1) is 16.7. The standard InChI is InChI=1S/C12H17ClN2O4S2/c1-14(8-10-4-5-11(13)20-10)21(18,19)15-6-2-3-9(7-15)12(16)17/h4-5,9H,2-3,6-8H2,1H3,(H,16,17). The minimum Gasteiger partial charge on any atom is -0.481 e. The van der Waals surface area contributed by atoms with Gasteiger partial charge in [-0.15, -0.1) is 11.3 Å². The molecule has 2 rings (SSSR count). The van der Waals surface area contributed by atoms with Crippen molar-refractivity contribution in [3.8, 4) is 0 Å². The van der Waals surface area contributed by atoms with Gasteiger partial charge in [-0.3, -0.25) is 4.79 Å². The zero-order valence-electron chi connectivity index (χ0n) is 11.5. The number of hydrogen-bond acceptors (Lipinski definition) is 4. The van der Waals surface area contributed by atoms with Crippen LogP contribution in [0.4, 0.5) is 0 Å². The SMILES string of the molecule is CN(Cc1ccc(Cl)s1)S(=O)(=O)N1CCCC(C(=O)O)C1. The van der Waals surface area contributed by atoms with Crippen LogP contribution in [0, 0.1) is 5.92 Å². The Morgan fingerprint density at radius 1 is 1.57 bits per heavy atom. The lowest BCUT2D eigenvalue weighted by Crippen LogP contribution is -2.47. The van der Waals surface area contributed by atoms with Crippen molar-refractivity contribution in [1.29, 1.82) is 0 Å². The summed E-state index contributed by atoms with van der Waals surface area (Å²) in [5.74, 6) is -1.57. The van der Waals surface area contributed by atoms with E-state index in [1.807, 2.05) is 0 Å². The third-order valence-electron chi connectivity index (χ3n) is 3.46. The van der Waals surface area contributed by atoms with Crippen molar-refractivity contribution in [2.24, 2.45) is 5.92 Å². The minimum absolute atomic E-state index is 0.0349. The molecule has 1 unspecified atom stereocenters. The number of piperidine rings is 1. The van der Waals surface area contributed by atoms with Crippen LogP contribution in [0.1, 0.15) is 17.7 Å². The number of hydrogen-bond donors (Lipinski definition) is 1. The van der Waals surface area contributed by atoms with E-state index in [-0.39, 0.29) is 13.1 Å². The number of carboxylic acid groups (broad SMARTS) is 1. The van der Waals surface area contributed by atoms with Gasteiger partial charge in [-0.2, -0.15) is 17.0 Å². The van der Waals surface area contributed by atoms with Gasteiger partial charge in [0.15, 0.2) is 0 Å². The van der Waals surface area contributed by atoms with Crippen LogP contribution >= 0.6 is 22.9 Å². The van der Waals surface area contributed by atoms with E-state index in [1.165, 1.54) is 27.0 Å². The lowest BCUT2D eigenvalue weighted by molar-refractivity contribution is -0.142. The summed E-state index contributed by atoms with van der Waals surface area (Å²) in [5, 5.41) is 9.05. The number of carbonyl (C=O) groups is 1. The van der Waals surface area contributed by atoms with Crippen LogP contribution in [0.2, 0.25) is 4.34 Å². The maximum atomic E-state index is 12.5. The fourth-order valence-electron chi connectivity index (χ4n) is 2.29. The molecule has 0 saturated carbocycles. The molecule has 1 fully saturated rings. The molecule has 6 nitrogen and oxygen atoms in total.